The van der Waals surface area contributed by atoms with Crippen LogP contribution in [-0.4, -0.2) is 78.4 Å². The van der Waals surface area contributed by atoms with Crippen molar-refractivity contribution in [3.8, 4) is 0 Å². The number of carbonyl (C=O) groups excluding carboxylic acids is 1. The number of sulfonamides is 1. The molecule has 2 saturated heterocycles. The van der Waals surface area contributed by atoms with E-state index in [9.17, 15) is 13.2 Å². The third kappa shape index (κ3) is 4.72. The van der Waals surface area contributed by atoms with Gasteiger partial charge in [-0.2, -0.15) is 16.9 Å². The molecule has 2 aliphatic rings. The van der Waals surface area contributed by atoms with Gasteiger partial charge in [-0.05, 0) is 32.0 Å². The highest BCUT2D eigenvalue weighted by atomic mass is 35.5. The van der Waals surface area contributed by atoms with E-state index in [4.69, 9.17) is 0 Å². The Morgan fingerprint density at radius 2 is 1.96 bits per heavy atom. The van der Waals surface area contributed by atoms with Gasteiger partial charge in [-0.3, -0.25) is 9.48 Å². The maximum atomic E-state index is 12.9. The van der Waals surface area contributed by atoms with Crippen LogP contribution in [0.25, 0.3) is 0 Å². The summed E-state index contributed by atoms with van der Waals surface area (Å²) < 4.78 is 28.0. The zero-order valence-corrected chi connectivity index (χ0v) is 17.0. The fraction of sp³-hybridized carbons (Fsp3) is 0.733. The molecular formula is C15H26ClN5O3S2. The van der Waals surface area contributed by atoms with Crippen molar-refractivity contribution >= 4 is 40.1 Å². The largest absolute Gasteiger partial charge is 0.353 e. The number of rotatable bonds is 6. The molecule has 2 fully saturated rings. The van der Waals surface area contributed by atoms with Crippen LogP contribution in [0.5, 0.6) is 0 Å². The normalized spacial score (nSPS) is 20.9. The van der Waals surface area contributed by atoms with E-state index < -0.39 is 15.6 Å². The molecule has 1 aromatic rings. The van der Waals surface area contributed by atoms with Crippen LogP contribution in [-0.2, 0) is 20.4 Å². The Bertz CT molecular complexity index is 671. The number of nitrogens with zero attached hydrogens (tertiary/aromatic N) is 3. The van der Waals surface area contributed by atoms with Crippen LogP contribution >= 0.6 is 24.2 Å². The van der Waals surface area contributed by atoms with E-state index in [-0.39, 0.29) is 30.6 Å². The molecule has 11 heteroatoms. The fourth-order valence-corrected chi connectivity index (χ4v) is 5.83. The van der Waals surface area contributed by atoms with Crippen molar-refractivity contribution in [3.05, 3.63) is 18.5 Å². The van der Waals surface area contributed by atoms with Crippen LogP contribution in [0.4, 0.5) is 0 Å². The summed E-state index contributed by atoms with van der Waals surface area (Å²) in [5, 5.41) is 10.4. The van der Waals surface area contributed by atoms with Crippen molar-refractivity contribution in [2.75, 3.05) is 50.0 Å². The summed E-state index contributed by atoms with van der Waals surface area (Å²) in [6.45, 7) is 2.71. The van der Waals surface area contributed by atoms with Crippen molar-refractivity contribution in [2.45, 2.75) is 18.4 Å². The Labute approximate surface area is 164 Å². The van der Waals surface area contributed by atoms with Crippen molar-refractivity contribution in [1.29, 1.82) is 0 Å². The third-order valence-corrected chi connectivity index (χ3v) is 7.62. The van der Waals surface area contributed by atoms with Gasteiger partial charge in [0.25, 0.3) is 0 Å². The number of thioether (sulfide) groups is 1. The molecule has 0 unspecified atom stereocenters. The van der Waals surface area contributed by atoms with E-state index in [1.807, 2.05) is 0 Å². The minimum atomic E-state index is -3.31. The van der Waals surface area contributed by atoms with Crippen molar-refractivity contribution in [1.82, 2.24) is 24.7 Å². The Morgan fingerprint density at radius 3 is 2.58 bits per heavy atom. The van der Waals surface area contributed by atoms with Gasteiger partial charge in [0.05, 0.1) is 5.75 Å². The number of hydrogen-bond donors (Lipinski definition) is 2. The quantitative estimate of drug-likeness (QED) is 0.662. The average Bonchev–Trinajstić information content (AvgIpc) is 3.18. The predicted octanol–water partition coefficient (Wildman–Crippen LogP) is -0.122. The van der Waals surface area contributed by atoms with Crippen LogP contribution in [0.15, 0.2) is 18.5 Å². The molecular weight excluding hydrogens is 398 g/mol. The van der Waals surface area contributed by atoms with E-state index in [1.165, 1.54) is 4.31 Å². The van der Waals surface area contributed by atoms with Crippen LogP contribution in [0.2, 0.25) is 0 Å². The molecule has 0 saturated carbocycles. The van der Waals surface area contributed by atoms with Gasteiger partial charge in [0, 0.05) is 43.5 Å². The zero-order chi connectivity index (χ0) is 17.8. The van der Waals surface area contributed by atoms with Crippen LogP contribution in [0.1, 0.15) is 12.8 Å². The first kappa shape index (κ1) is 21.5. The molecule has 0 atom stereocenters. The Balaban J connectivity index is 0.00000243. The Kier molecular flexibility index (Phi) is 7.77. The summed E-state index contributed by atoms with van der Waals surface area (Å²) in [6.07, 6.45) is 4.73. The maximum absolute atomic E-state index is 12.9. The van der Waals surface area contributed by atoms with Gasteiger partial charge < -0.3 is 10.6 Å². The topological polar surface area (TPSA) is 96.3 Å². The predicted molar refractivity (Wildman–Crippen MR) is 105 cm³/mol. The maximum Gasteiger partial charge on any atom is 0.248 e. The van der Waals surface area contributed by atoms with Gasteiger partial charge in [-0.25, -0.2) is 12.7 Å². The smallest absolute Gasteiger partial charge is 0.248 e. The van der Waals surface area contributed by atoms with E-state index in [2.05, 4.69) is 15.7 Å². The van der Waals surface area contributed by atoms with Crippen molar-refractivity contribution < 1.29 is 13.2 Å². The molecule has 0 aliphatic carbocycles. The number of carbonyl (C=O) groups is 1. The van der Waals surface area contributed by atoms with Gasteiger partial charge in [0.15, 0.2) is 0 Å². The Hall–Kier alpha value is -0.810. The number of halogens is 1. The number of piperidine rings is 1. The molecule has 1 amide bonds. The number of hydrogen-bond acceptors (Lipinski definition) is 6. The van der Waals surface area contributed by atoms with Gasteiger partial charge in [0.2, 0.25) is 15.9 Å². The highest BCUT2D eigenvalue weighted by Gasteiger charge is 2.41. The molecule has 0 bridgehead atoms. The standard InChI is InChI=1S/C15H25N5O3S2.ClH/c21-14(15(2-5-16-6-3-15)20-8-1-4-18-20)17-7-13-25(22,23)19-9-11-24-12-10-19;/h1,4,8,16H,2-3,5-7,9-13H2,(H,17,21);1H. The molecule has 2 aliphatic heterocycles. The van der Waals surface area contributed by atoms with Gasteiger partial charge >= 0.3 is 0 Å². The lowest BCUT2D eigenvalue weighted by molar-refractivity contribution is -0.131. The lowest BCUT2D eigenvalue weighted by Gasteiger charge is -2.36. The Morgan fingerprint density at radius 1 is 1.27 bits per heavy atom. The van der Waals surface area contributed by atoms with Crippen LogP contribution < -0.4 is 10.6 Å². The first-order valence-corrected chi connectivity index (χ1v) is 11.4. The van der Waals surface area contributed by atoms with E-state index >= 15 is 0 Å². The lowest BCUT2D eigenvalue weighted by atomic mass is 9.87. The molecule has 1 aromatic heterocycles. The first-order valence-electron chi connectivity index (χ1n) is 8.59. The molecule has 3 rings (SSSR count). The SMILES string of the molecule is Cl.O=C(NCCS(=O)(=O)N1CCSCC1)C1(n2cccn2)CCNCC1. The molecule has 148 valence electrons. The molecule has 3 heterocycles. The summed E-state index contributed by atoms with van der Waals surface area (Å²) in [7, 11) is -3.31. The zero-order valence-electron chi connectivity index (χ0n) is 14.6. The van der Waals surface area contributed by atoms with Crippen molar-refractivity contribution in [3.63, 3.8) is 0 Å². The first-order chi connectivity index (χ1) is 12.0. The van der Waals surface area contributed by atoms with E-state index in [1.54, 1.807) is 34.9 Å². The second-order valence-electron chi connectivity index (χ2n) is 6.32. The monoisotopic (exact) mass is 423 g/mol. The fourth-order valence-electron chi connectivity index (χ4n) is 3.33. The van der Waals surface area contributed by atoms with E-state index in [0.717, 1.165) is 24.6 Å². The molecule has 8 nitrogen and oxygen atoms in total. The van der Waals surface area contributed by atoms with E-state index in [0.29, 0.717) is 25.9 Å². The minimum absolute atomic E-state index is 0. The summed E-state index contributed by atoms with van der Waals surface area (Å²) >= 11 is 1.77. The molecule has 0 radical (unpaired) electrons. The number of aromatic nitrogens is 2. The summed E-state index contributed by atoms with van der Waals surface area (Å²) in [5.41, 5.74) is -0.736. The average molecular weight is 424 g/mol. The molecule has 0 aromatic carbocycles. The van der Waals surface area contributed by atoms with Crippen molar-refractivity contribution in [2.24, 2.45) is 0 Å². The summed E-state index contributed by atoms with van der Waals surface area (Å²) in [5.74, 6) is 1.46. The molecule has 0 spiro atoms. The molecule has 26 heavy (non-hydrogen) atoms. The number of amides is 1. The number of nitrogens with one attached hydrogen (secondary N) is 2. The second kappa shape index (κ2) is 9.41. The van der Waals surface area contributed by atoms with Crippen LogP contribution in [0, 0.1) is 0 Å². The van der Waals surface area contributed by atoms with Gasteiger partial charge in [-0.15, -0.1) is 12.4 Å². The van der Waals surface area contributed by atoms with Crippen LogP contribution in [0.3, 0.4) is 0 Å². The summed E-state index contributed by atoms with van der Waals surface area (Å²) in [6, 6.07) is 1.80. The highest BCUT2D eigenvalue weighted by Crippen LogP contribution is 2.27. The minimum Gasteiger partial charge on any atom is -0.353 e. The summed E-state index contributed by atoms with van der Waals surface area (Å²) in [4.78, 5) is 12.9. The molecule has 2 N–H and O–H groups in total. The highest BCUT2D eigenvalue weighted by molar-refractivity contribution is 7.99. The lowest BCUT2D eigenvalue weighted by Crippen LogP contribution is -2.55. The third-order valence-electron chi connectivity index (χ3n) is 4.81. The van der Waals surface area contributed by atoms with Gasteiger partial charge in [0.1, 0.15) is 5.54 Å². The second-order valence-corrected chi connectivity index (χ2v) is 9.63. The van der Waals surface area contributed by atoms with Gasteiger partial charge in [-0.1, -0.05) is 0 Å².